The van der Waals surface area contributed by atoms with Crippen molar-refractivity contribution in [3.63, 3.8) is 0 Å². The van der Waals surface area contributed by atoms with Gasteiger partial charge in [0.1, 0.15) is 0 Å². The van der Waals surface area contributed by atoms with Crippen molar-refractivity contribution in [2.75, 3.05) is 24.6 Å². The van der Waals surface area contributed by atoms with Gasteiger partial charge in [-0.1, -0.05) is 33.1 Å². The second kappa shape index (κ2) is 9.16. The minimum atomic E-state index is -2.80. The van der Waals surface area contributed by atoms with Gasteiger partial charge in [0.05, 0.1) is 11.5 Å². The molecule has 0 radical (unpaired) electrons. The van der Waals surface area contributed by atoms with E-state index in [1.807, 2.05) is 0 Å². The fourth-order valence-electron chi connectivity index (χ4n) is 1.33. The van der Waals surface area contributed by atoms with Gasteiger partial charge in [0.2, 0.25) is 0 Å². The average molecular weight is 235 g/mol. The maximum absolute atomic E-state index is 11.5. The van der Waals surface area contributed by atoms with Gasteiger partial charge < -0.3 is 5.32 Å². The van der Waals surface area contributed by atoms with Gasteiger partial charge in [0.25, 0.3) is 0 Å². The highest BCUT2D eigenvalue weighted by molar-refractivity contribution is 7.91. The highest BCUT2D eigenvalue weighted by Gasteiger charge is 2.08. The zero-order valence-electron chi connectivity index (χ0n) is 10.1. The number of hydrogen-bond donors (Lipinski definition) is 1. The summed E-state index contributed by atoms with van der Waals surface area (Å²) in [6.45, 7) is 5.75. The highest BCUT2D eigenvalue weighted by atomic mass is 32.2. The van der Waals surface area contributed by atoms with Crippen LogP contribution < -0.4 is 5.32 Å². The van der Waals surface area contributed by atoms with E-state index in [1.165, 1.54) is 0 Å². The summed E-state index contributed by atoms with van der Waals surface area (Å²) in [7, 11) is -2.80. The second-order valence-electron chi connectivity index (χ2n) is 3.96. The van der Waals surface area contributed by atoms with E-state index in [0.717, 1.165) is 38.6 Å². The summed E-state index contributed by atoms with van der Waals surface area (Å²) in [5.74, 6) is 0.650. The van der Waals surface area contributed by atoms with Gasteiger partial charge in [-0.2, -0.15) is 0 Å². The molecule has 4 heteroatoms. The van der Waals surface area contributed by atoms with Crippen LogP contribution in [0.5, 0.6) is 0 Å². The molecule has 0 rings (SSSR count). The van der Waals surface area contributed by atoms with Crippen LogP contribution in [0.25, 0.3) is 0 Å². The zero-order valence-corrected chi connectivity index (χ0v) is 10.9. The van der Waals surface area contributed by atoms with Gasteiger partial charge in [-0.05, 0) is 19.4 Å². The third-order valence-corrected chi connectivity index (χ3v) is 4.09. The molecule has 0 aromatic rings. The van der Waals surface area contributed by atoms with E-state index >= 15 is 0 Å². The maximum Gasteiger partial charge on any atom is 0.151 e. The van der Waals surface area contributed by atoms with Crippen LogP contribution in [-0.4, -0.2) is 33.0 Å². The third-order valence-electron chi connectivity index (χ3n) is 2.36. The molecule has 92 valence electrons. The first-order valence-electron chi connectivity index (χ1n) is 6.03. The molecule has 0 unspecified atom stereocenters. The van der Waals surface area contributed by atoms with E-state index in [-0.39, 0.29) is 0 Å². The Hall–Kier alpha value is -0.0900. The minimum absolute atomic E-state index is 0.292. The van der Waals surface area contributed by atoms with Crippen LogP contribution in [0.4, 0.5) is 0 Å². The fourth-order valence-corrected chi connectivity index (χ4v) is 2.63. The second-order valence-corrected chi connectivity index (χ2v) is 6.27. The molecule has 0 spiro atoms. The summed E-state index contributed by atoms with van der Waals surface area (Å²) >= 11 is 0. The minimum Gasteiger partial charge on any atom is -0.316 e. The van der Waals surface area contributed by atoms with Crippen LogP contribution in [0.3, 0.4) is 0 Å². The number of nitrogens with one attached hydrogen (secondary N) is 1. The molecule has 0 aromatic heterocycles. The van der Waals surface area contributed by atoms with E-state index in [1.54, 1.807) is 0 Å². The van der Waals surface area contributed by atoms with Crippen molar-refractivity contribution >= 4 is 9.84 Å². The molecule has 0 heterocycles. The monoisotopic (exact) mass is 235 g/mol. The average Bonchev–Trinajstić information content (AvgIpc) is 2.17. The number of sulfone groups is 1. The normalized spacial score (nSPS) is 11.9. The topological polar surface area (TPSA) is 46.2 Å². The van der Waals surface area contributed by atoms with Crippen molar-refractivity contribution in [1.82, 2.24) is 5.32 Å². The molecule has 0 bridgehead atoms. The Morgan fingerprint density at radius 2 is 1.53 bits per heavy atom. The van der Waals surface area contributed by atoms with Crippen molar-refractivity contribution in [3.8, 4) is 0 Å². The Morgan fingerprint density at radius 1 is 0.867 bits per heavy atom. The quantitative estimate of drug-likeness (QED) is 0.589. The Bertz CT molecular complexity index is 225. The Kier molecular flexibility index (Phi) is 9.10. The van der Waals surface area contributed by atoms with Gasteiger partial charge in [-0.25, -0.2) is 8.42 Å². The Balaban J connectivity index is 3.47. The largest absolute Gasteiger partial charge is 0.316 e. The summed E-state index contributed by atoms with van der Waals surface area (Å²) in [6, 6.07) is 0. The lowest BCUT2D eigenvalue weighted by molar-refractivity contribution is 0.584. The first-order chi connectivity index (χ1) is 7.12. The molecule has 0 aliphatic rings. The molecule has 0 aliphatic carbocycles. The van der Waals surface area contributed by atoms with Crippen molar-refractivity contribution < 1.29 is 8.42 Å². The molecule has 0 fully saturated rings. The first-order valence-corrected chi connectivity index (χ1v) is 7.85. The lowest BCUT2D eigenvalue weighted by atomic mass is 10.3. The van der Waals surface area contributed by atoms with Crippen LogP contribution in [-0.2, 0) is 9.84 Å². The zero-order chi connectivity index (χ0) is 11.6. The van der Waals surface area contributed by atoms with E-state index in [2.05, 4.69) is 19.2 Å². The molecule has 3 nitrogen and oxygen atoms in total. The lowest BCUT2D eigenvalue weighted by Gasteiger charge is -2.05. The molecule has 0 atom stereocenters. The molecule has 1 N–H and O–H groups in total. The Morgan fingerprint density at radius 3 is 2.13 bits per heavy atom. The van der Waals surface area contributed by atoms with Crippen LogP contribution in [0, 0.1) is 0 Å². The molecule has 0 aromatic carbocycles. The van der Waals surface area contributed by atoms with Crippen molar-refractivity contribution in [2.24, 2.45) is 0 Å². The summed E-state index contributed by atoms with van der Waals surface area (Å²) < 4.78 is 23.0. The number of hydrogen-bond acceptors (Lipinski definition) is 3. The van der Waals surface area contributed by atoms with Gasteiger partial charge in [-0.15, -0.1) is 0 Å². The van der Waals surface area contributed by atoms with Crippen molar-refractivity contribution in [2.45, 2.75) is 46.0 Å². The number of rotatable bonds is 10. The van der Waals surface area contributed by atoms with Crippen molar-refractivity contribution in [3.05, 3.63) is 0 Å². The molecular weight excluding hydrogens is 210 g/mol. The van der Waals surface area contributed by atoms with Gasteiger partial charge >= 0.3 is 0 Å². The van der Waals surface area contributed by atoms with Crippen LogP contribution in [0.2, 0.25) is 0 Å². The van der Waals surface area contributed by atoms with E-state index in [4.69, 9.17) is 0 Å². The van der Waals surface area contributed by atoms with Gasteiger partial charge in [-0.3, -0.25) is 0 Å². The van der Waals surface area contributed by atoms with Crippen LogP contribution in [0.1, 0.15) is 46.0 Å². The standard InChI is InChI=1S/C11H25NO2S/c1-3-5-7-10-15(13,14)11-9-12-8-6-4-2/h12H,3-11H2,1-2H3. The smallest absolute Gasteiger partial charge is 0.151 e. The summed E-state index contributed by atoms with van der Waals surface area (Å²) in [5.41, 5.74) is 0. The summed E-state index contributed by atoms with van der Waals surface area (Å²) in [6.07, 6.45) is 5.17. The molecule has 0 amide bonds. The van der Waals surface area contributed by atoms with Crippen LogP contribution >= 0.6 is 0 Å². The Labute approximate surface area is 94.6 Å². The van der Waals surface area contributed by atoms with Gasteiger partial charge in [0.15, 0.2) is 9.84 Å². The molecule has 0 aliphatic heterocycles. The van der Waals surface area contributed by atoms with Gasteiger partial charge in [0, 0.05) is 6.54 Å². The first kappa shape index (κ1) is 14.9. The molecule has 0 saturated carbocycles. The SMILES string of the molecule is CCCCCS(=O)(=O)CCNCCCC. The summed E-state index contributed by atoms with van der Waals surface area (Å²) in [4.78, 5) is 0. The molecular formula is C11H25NO2S. The van der Waals surface area contributed by atoms with E-state index in [9.17, 15) is 8.42 Å². The highest BCUT2D eigenvalue weighted by Crippen LogP contribution is 1.99. The lowest BCUT2D eigenvalue weighted by Crippen LogP contribution is -2.25. The molecule has 15 heavy (non-hydrogen) atoms. The predicted molar refractivity (Wildman–Crippen MR) is 66.0 cm³/mol. The fraction of sp³-hybridized carbons (Fsp3) is 1.00. The van der Waals surface area contributed by atoms with Crippen molar-refractivity contribution in [1.29, 1.82) is 0 Å². The third kappa shape index (κ3) is 10.2. The van der Waals surface area contributed by atoms with E-state index in [0.29, 0.717) is 18.1 Å². The van der Waals surface area contributed by atoms with Crippen LogP contribution in [0.15, 0.2) is 0 Å². The molecule has 0 saturated heterocycles. The maximum atomic E-state index is 11.5. The predicted octanol–water partition coefficient (Wildman–Crippen LogP) is 1.98. The van der Waals surface area contributed by atoms with E-state index < -0.39 is 9.84 Å². The summed E-state index contributed by atoms with van der Waals surface area (Å²) in [5, 5.41) is 3.15. The number of unbranched alkanes of at least 4 members (excludes halogenated alkanes) is 3.